The molecule has 0 aliphatic heterocycles. The number of aromatic nitrogens is 4. The van der Waals surface area contributed by atoms with Crippen LogP contribution in [-0.2, 0) is 0 Å². The van der Waals surface area contributed by atoms with Gasteiger partial charge in [-0.15, -0.1) is 5.10 Å². The predicted molar refractivity (Wildman–Crippen MR) is 98.2 cm³/mol. The Kier molecular flexibility index (Phi) is 4.17. The maximum atomic E-state index is 12.2. The average Bonchev–Trinajstić information content (AvgIpc) is 3.23. The summed E-state index contributed by atoms with van der Waals surface area (Å²) in [6, 6.07) is 20.9. The highest BCUT2D eigenvalue weighted by Crippen LogP contribution is 2.16. The molecular formula is C19H14N6O. The first-order chi connectivity index (χ1) is 12.8. The molecule has 4 rings (SSSR count). The van der Waals surface area contributed by atoms with Crippen molar-refractivity contribution in [2.75, 3.05) is 0 Å². The topological polar surface area (TPSA) is 85.1 Å². The molecule has 1 N–H and O–H groups in total. The van der Waals surface area contributed by atoms with Crippen molar-refractivity contribution in [1.29, 1.82) is 0 Å². The van der Waals surface area contributed by atoms with Crippen molar-refractivity contribution >= 4 is 22.9 Å². The zero-order valence-corrected chi connectivity index (χ0v) is 13.6. The lowest BCUT2D eigenvalue weighted by atomic mass is 10.1. The highest BCUT2D eigenvalue weighted by Gasteiger charge is 2.05. The van der Waals surface area contributed by atoms with Gasteiger partial charge in [-0.1, -0.05) is 42.5 Å². The quantitative estimate of drug-likeness (QED) is 0.456. The molecule has 0 spiro atoms. The van der Waals surface area contributed by atoms with Crippen LogP contribution < -0.4 is 5.43 Å². The molecule has 0 aliphatic rings. The Morgan fingerprint density at radius 2 is 1.81 bits per heavy atom. The molecule has 7 nitrogen and oxygen atoms in total. The fourth-order valence-corrected chi connectivity index (χ4v) is 2.63. The van der Waals surface area contributed by atoms with Crippen LogP contribution in [0.4, 0.5) is 0 Å². The summed E-state index contributed by atoms with van der Waals surface area (Å²) in [6.07, 6.45) is 3.14. The lowest BCUT2D eigenvalue weighted by molar-refractivity contribution is 0.0955. The minimum atomic E-state index is -0.287. The number of carbonyl (C=O) groups is 1. The zero-order valence-electron chi connectivity index (χ0n) is 13.6. The Morgan fingerprint density at radius 3 is 2.62 bits per heavy atom. The summed E-state index contributed by atoms with van der Waals surface area (Å²) in [5.74, 6) is -0.287. The first-order valence-corrected chi connectivity index (χ1v) is 7.96. The Morgan fingerprint density at radius 1 is 1.00 bits per heavy atom. The predicted octanol–water partition coefficient (Wildman–Crippen LogP) is 2.58. The minimum absolute atomic E-state index is 0.287. The summed E-state index contributed by atoms with van der Waals surface area (Å²) in [5, 5.41) is 17.2. The number of hydrogen-bond donors (Lipinski definition) is 1. The van der Waals surface area contributed by atoms with Crippen LogP contribution in [0.1, 0.15) is 15.9 Å². The second-order valence-electron chi connectivity index (χ2n) is 5.57. The van der Waals surface area contributed by atoms with Gasteiger partial charge in [0.25, 0.3) is 5.91 Å². The molecule has 4 aromatic rings. The van der Waals surface area contributed by atoms with E-state index in [1.807, 2.05) is 42.5 Å². The zero-order chi connectivity index (χ0) is 17.8. The molecule has 126 valence electrons. The molecule has 1 heterocycles. The average molecular weight is 342 g/mol. The van der Waals surface area contributed by atoms with Crippen LogP contribution in [0.15, 0.2) is 78.2 Å². The molecule has 0 aliphatic carbocycles. The van der Waals surface area contributed by atoms with Crippen LogP contribution in [0.5, 0.6) is 0 Å². The van der Waals surface area contributed by atoms with Gasteiger partial charge >= 0.3 is 0 Å². The molecule has 26 heavy (non-hydrogen) atoms. The van der Waals surface area contributed by atoms with E-state index in [0.29, 0.717) is 5.56 Å². The third-order valence-corrected chi connectivity index (χ3v) is 3.94. The molecule has 3 aromatic carbocycles. The van der Waals surface area contributed by atoms with Crippen molar-refractivity contribution in [2.24, 2.45) is 5.10 Å². The van der Waals surface area contributed by atoms with Gasteiger partial charge in [-0.2, -0.15) is 5.10 Å². The van der Waals surface area contributed by atoms with Gasteiger partial charge in [-0.25, -0.2) is 10.1 Å². The molecule has 0 saturated carbocycles. The maximum absolute atomic E-state index is 12.2. The summed E-state index contributed by atoms with van der Waals surface area (Å²) >= 11 is 0. The highest BCUT2D eigenvalue weighted by atomic mass is 16.2. The molecule has 1 aromatic heterocycles. The number of nitrogens with one attached hydrogen (secondary N) is 1. The second kappa shape index (κ2) is 6.94. The molecule has 0 bridgehead atoms. The highest BCUT2D eigenvalue weighted by molar-refractivity contribution is 6.00. The van der Waals surface area contributed by atoms with Crippen molar-refractivity contribution in [1.82, 2.24) is 25.6 Å². The molecule has 0 saturated heterocycles. The molecule has 1 amide bonds. The van der Waals surface area contributed by atoms with Gasteiger partial charge in [0.05, 0.1) is 11.9 Å². The van der Waals surface area contributed by atoms with E-state index in [2.05, 4.69) is 26.1 Å². The van der Waals surface area contributed by atoms with E-state index in [-0.39, 0.29) is 5.91 Å². The normalized spacial score (nSPS) is 11.1. The number of fused-ring (bicyclic) bond motifs is 1. The van der Waals surface area contributed by atoms with E-state index < -0.39 is 0 Å². The number of tetrazole rings is 1. The third kappa shape index (κ3) is 3.18. The van der Waals surface area contributed by atoms with E-state index in [1.54, 1.807) is 30.5 Å². The van der Waals surface area contributed by atoms with Crippen molar-refractivity contribution in [3.63, 3.8) is 0 Å². The first kappa shape index (κ1) is 15.6. The lowest BCUT2D eigenvalue weighted by Gasteiger charge is -2.03. The van der Waals surface area contributed by atoms with Gasteiger partial charge in [0.2, 0.25) is 0 Å². The van der Waals surface area contributed by atoms with E-state index in [4.69, 9.17) is 0 Å². The van der Waals surface area contributed by atoms with E-state index in [9.17, 15) is 4.79 Å². The van der Waals surface area contributed by atoms with Gasteiger partial charge in [0.15, 0.2) is 0 Å². The maximum Gasteiger partial charge on any atom is 0.271 e. The fourth-order valence-electron chi connectivity index (χ4n) is 2.63. The van der Waals surface area contributed by atoms with Crippen LogP contribution in [0.3, 0.4) is 0 Å². The van der Waals surface area contributed by atoms with Gasteiger partial charge in [-0.05, 0) is 45.5 Å². The van der Waals surface area contributed by atoms with E-state index >= 15 is 0 Å². The molecule has 7 heteroatoms. The minimum Gasteiger partial charge on any atom is -0.267 e. The van der Waals surface area contributed by atoms with Crippen LogP contribution >= 0.6 is 0 Å². The summed E-state index contributed by atoms with van der Waals surface area (Å²) in [4.78, 5) is 12.2. The number of hydrazone groups is 1. The first-order valence-electron chi connectivity index (χ1n) is 7.96. The summed E-state index contributed by atoms with van der Waals surface area (Å²) in [6.45, 7) is 0. The Labute approximate surface area is 149 Å². The molecule has 0 unspecified atom stereocenters. The smallest absolute Gasteiger partial charge is 0.267 e. The number of hydrogen-bond acceptors (Lipinski definition) is 5. The monoisotopic (exact) mass is 342 g/mol. The van der Waals surface area contributed by atoms with Gasteiger partial charge in [0, 0.05) is 11.1 Å². The van der Waals surface area contributed by atoms with Gasteiger partial charge in [0.1, 0.15) is 6.33 Å². The largest absolute Gasteiger partial charge is 0.271 e. The van der Waals surface area contributed by atoms with Crippen molar-refractivity contribution in [3.8, 4) is 5.69 Å². The molecule has 0 atom stereocenters. The Bertz CT molecular complexity index is 1070. The Hall–Kier alpha value is -3.87. The number of rotatable bonds is 4. The van der Waals surface area contributed by atoms with E-state index in [1.165, 1.54) is 11.0 Å². The standard InChI is InChI=1S/C19H14N6O/c26-19(15-8-10-17(11-9-15)25-13-21-23-24-25)22-20-12-16-6-3-5-14-4-1-2-7-18(14)16/h1-13H,(H,22,26)/b20-12+. The SMILES string of the molecule is O=C(N/N=C/c1cccc2ccccc12)c1ccc(-n2cnnn2)cc1. The summed E-state index contributed by atoms with van der Waals surface area (Å²) in [5.41, 5.74) is 4.76. The third-order valence-electron chi connectivity index (χ3n) is 3.94. The van der Waals surface area contributed by atoms with Crippen molar-refractivity contribution in [2.45, 2.75) is 0 Å². The lowest BCUT2D eigenvalue weighted by Crippen LogP contribution is -2.17. The fraction of sp³-hybridized carbons (Fsp3) is 0. The summed E-state index contributed by atoms with van der Waals surface area (Å²) < 4.78 is 1.51. The van der Waals surface area contributed by atoms with Crippen LogP contribution in [0.2, 0.25) is 0 Å². The van der Waals surface area contributed by atoms with Crippen LogP contribution in [0, 0.1) is 0 Å². The number of benzene rings is 3. The van der Waals surface area contributed by atoms with Gasteiger partial charge < -0.3 is 0 Å². The molecule has 0 fully saturated rings. The van der Waals surface area contributed by atoms with Crippen molar-refractivity contribution < 1.29 is 4.79 Å². The van der Waals surface area contributed by atoms with Crippen molar-refractivity contribution in [3.05, 3.63) is 84.2 Å². The Balaban J connectivity index is 1.47. The second-order valence-corrected chi connectivity index (χ2v) is 5.57. The molecular weight excluding hydrogens is 328 g/mol. The number of amides is 1. The van der Waals surface area contributed by atoms with E-state index in [0.717, 1.165) is 22.0 Å². The number of nitrogens with zero attached hydrogens (tertiary/aromatic N) is 5. The number of carbonyl (C=O) groups excluding carboxylic acids is 1. The van der Waals surface area contributed by atoms with Crippen LogP contribution in [-0.4, -0.2) is 32.3 Å². The van der Waals surface area contributed by atoms with Gasteiger partial charge in [-0.3, -0.25) is 4.79 Å². The van der Waals surface area contributed by atoms with Crippen LogP contribution in [0.25, 0.3) is 16.5 Å². The molecule has 0 radical (unpaired) electrons. The summed E-state index contributed by atoms with van der Waals surface area (Å²) in [7, 11) is 0.